The van der Waals surface area contributed by atoms with E-state index in [0.717, 1.165) is 5.52 Å². The Bertz CT molecular complexity index is 880. The van der Waals surface area contributed by atoms with Crippen molar-refractivity contribution < 1.29 is 14.4 Å². The van der Waals surface area contributed by atoms with Gasteiger partial charge >= 0.3 is 0 Å². The molecule has 0 bridgehead atoms. The molecule has 0 fully saturated rings. The topological polar surface area (TPSA) is 54.1 Å². The van der Waals surface area contributed by atoms with Crippen LogP contribution in [-0.2, 0) is 0 Å². The summed E-state index contributed by atoms with van der Waals surface area (Å²) in [4.78, 5) is 12.8. The molecule has 1 N–H and O–H groups in total. The number of rotatable bonds is 3. The lowest BCUT2D eigenvalue weighted by molar-refractivity contribution is 0.103. The van der Waals surface area contributed by atoms with Crippen LogP contribution in [0.3, 0.4) is 0 Å². The Balaban J connectivity index is 2.24. The molecule has 0 spiro atoms. The summed E-state index contributed by atoms with van der Waals surface area (Å²) < 4.78 is 14.8. The van der Waals surface area contributed by atoms with Crippen LogP contribution in [0.2, 0.25) is 0 Å². The Kier molecular flexibility index (Phi) is 3.47. The van der Waals surface area contributed by atoms with Crippen LogP contribution in [0.4, 0.5) is 4.39 Å². The molecule has 2 aromatic heterocycles. The number of pyridine rings is 1. The minimum atomic E-state index is -0.388. The predicted octanol–water partition coefficient (Wildman–Crippen LogP) is 3.43. The molecule has 0 aliphatic carbocycles. The number of ketones is 1. The predicted molar refractivity (Wildman–Crippen MR) is 81.3 cm³/mol. The Morgan fingerprint density at radius 3 is 2.64 bits per heavy atom. The number of benzene rings is 1. The summed E-state index contributed by atoms with van der Waals surface area (Å²) in [6.45, 7) is 1.79. The molecular formula is C17H13FN2O2. The normalized spacial score (nSPS) is 11.4. The Hall–Kier alpha value is -2.95. The summed E-state index contributed by atoms with van der Waals surface area (Å²) in [7, 11) is 0. The van der Waals surface area contributed by atoms with Gasteiger partial charge in [-0.15, -0.1) is 0 Å². The molecule has 2 heterocycles. The van der Waals surface area contributed by atoms with Gasteiger partial charge in [-0.05, 0) is 48.9 Å². The maximum Gasteiger partial charge on any atom is 0.210 e. The third-order valence-electron chi connectivity index (χ3n) is 3.64. The summed E-state index contributed by atoms with van der Waals surface area (Å²) in [5.74, 6) is -0.599. The first-order chi connectivity index (χ1) is 10.6. The molecular weight excluding hydrogens is 283 g/mol. The summed E-state index contributed by atoms with van der Waals surface area (Å²) in [5, 5.41) is 11.9. The number of fused-ring (bicyclic) bond motifs is 1. The van der Waals surface area contributed by atoms with Gasteiger partial charge in [0.15, 0.2) is 0 Å². The molecule has 0 unspecified atom stereocenters. The van der Waals surface area contributed by atoms with Crippen LogP contribution < -0.4 is 0 Å². The van der Waals surface area contributed by atoms with Crippen LogP contribution in [0.1, 0.15) is 27.2 Å². The molecule has 0 amide bonds. The number of carbonyl (C=O) groups is 1. The molecule has 0 saturated carbocycles. The largest absolute Gasteiger partial charge is 0.411 e. The number of halogens is 1. The van der Waals surface area contributed by atoms with Gasteiger partial charge in [-0.2, -0.15) is 0 Å². The molecule has 4 nitrogen and oxygen atoms in total. The van der Waals surface area contributed by atoms with E-state index >= 15 is 0 Å². The highest BCUT2D eigenvalue weighted by atomic mass is 19.1. The van der Waals surface area contributed by atoms with Crippen molar-refractivity contribution in [2.75, 3.05) is 0 Å². The van der Waals surface area contributed by atoms with Crippen LogP contribution in [0.25, 0.3) is 5.52 Å². The van der Waals surface area contributed by atoms with E-state index in [2.05, 4.69) is 5.16 Å². The fraction of sp³-hybridized carbons (Fsp3) is 0.0588. The van der Waals surface area contributed by atoms with Gasteiger partial charge in [0.05, 0.1) is 17.4 Å². The van der Waals surface area contributed by atoms with Crippen LogP contribution in [0, 0.1) is 12.7 Å². The highest BCUT2D eigenvalue weighted by Crippen LogP contribution is 2.24. The van der Waals surface area contributed by atoms with Crippen molar-refractivity contribution in [1.29, 1.82) is 0 Å². The quantitative estimate of drug-likeness (QED) is 0.348. The maximum absolute atomic E-state index is 13.0. The molecule has 0 saturated heterocycles. The molecule has 3 aromatic rings. The minimum absolute atomic E-state index is 0.212. The van der Waals surface area contributed by atoms with Gasteiger partial charge in [-0.25, -0.2) is 4.39 Å². The number of hydrogen-bond donors (Lipinski definition) is 1. The number of aromatic nitrogens is 1. The molecule has 0 aliphatic rings. The number of hydrogen-bond acceptors (Lipinski definition) is 3. The molecule has 110 valence electrons. The van der Waals surface area contributed by atoms with Crippen molar-refractivity contribution in [2.24, 2.45) is 5.16 Å². The second-order valence-electron chi connectivity index (χ2n) is 4.92. The molecule has 0 radical (unpaired) electrons. The third kappa shape index (κ3) is 2.16. The zero-order valence-corrected chi connectivity index (χ0v) is 11.8. The summed E-state index contributed by atoms with van der Waals surface area (Å²) in [6.07, 6.45) is 3.08. The van der Waals surface area contributed by atoms with Crippen LogP contribution >= 0.6 is 0 Å². The summed E-state index contributed by atoms with van der Waals surface area (Å²) in [6, 6.07) is 10.9. The molecule has 1 aromatic carbocycles. The standard InChI is InChI=1S/C17H13FN2O2/c1-11-14(10-19-22)15-4-2-3-9-20(15)16(11)17(21)12-5-7-13(18)8-6-12/h2-10,22H,1H3/b19-10+. The van der Waals surface area contributed by atoms with Gasteiger partial charge in [-0.1, -0.05) is 11.2 Å². The second-order valence-corrected chi connectivity index (χ2v) is 4.92. The first kappa shape index (κ1) is 14.0. The first-order valence-electron chi connectivity index (χ1n) is 6.71. The zero-order valence-electron chi connectivity index (χ0n) is 11.8. The first-order valence-corrected chi connectivity index (χ1v) is 6.71. The number of nitrogens with zero attached hydrogens (tertiary/aromatic N) is 2. The lowest BCUT2D eigenvalue weighted by Gasteiger charge is -2.04. The fourth-order valence-corrected chi connectivity index (χ4v) is 2.60. The van der Waals surface area contributed by atoms with E-state index in [1.54, 1.807) is 17.5 Å². The fourth-order valence-electron chi connectivity index (χ4n) is 2.60. The van der Waals surface area contributed by atoms with E-state index in [9.17, 15) is 9.18 Å². The van der Waals surface area contributed by atoms with Crippen LogP contribution in [0.5, 0.6) is 0 Å². The zero-order chi connectivity index (χ0) is 15.7. The van der Waals surface area contributed by atoms with Crippen molar-refractivity contribution in [2.45, 2.75) is 6.92 Å². The van der Waals surface area contributed by atoms with E-state index in [4.69, 9.17) is 5.21 Å². The lowest BCUT2D eigenvalue weighted by atomic mass is 10.0. The van der Waals surface area contributed by atoms with E-state index in [1.807, 2.05) is 18.2 Å². The maximum atomic E-state index is 13.0. The van der Waals surface area contributed by atoms with Gasteiger partial charge in [0.1, 0.15) is 5.82 Å². The van der Waals surface area contributed by atoms with Crippen molar-refractivity contribution in [3.05, 3.63) is 76.9 Å². The summed E-state index contributed by atoms with van der Waals surface area (Å²) >= 11 is 0. The van der Waals surface area contributed by atoms with Crippen molar-refractivity contribution >= 4 is 17.5 Å². The lowest BCUT2D eigenvalue weighted by Crippen LogP contribution is -2.07. The smallest absolute Gasteiger partial charge is 0.210 e. The third-order valence-corrected chi connectivity index (χ3v) is 3.64. The van der Waals surface area contributed by atoms with Gasteiger partial charge in [0.25, 0.3) is 0 Å². The molecule has 22 heavy (non-hydrogen) atoms. The molecule has 0 atom stereocenters. The van der Waals surface area contributed by atoms with Gasteiger partial charge in [0, 0.05) is 17.3 Å². The van der Waals surface area contributed by atoms with Crippen LogP contribution in [-0.4, -0.2) is 21.6 Å². The van der Waals surface area contributed by atoms with E-state index in [-0.39, 0.29) is 11.6 Å². The second kappa shape index (κ2) is 5.44. The van der Waals surface area contributed by atoms with Gasteiger partial charge in [-0.3, -0.25) is 4.79 Å². The Labute approximate surface area is 126 Å². The Morgan fingerprint density at radius 2 is 1.95 bits per heavy atom. The van der Waals surface area contributed by atoms with Gasteiger partial charge in [0.2, 0.25) is 5.78 Å². The minimum Gasteiger partial charge on any atom is -0.411 e. The van der Waals surface area contributed by atoms with Crippen LogP contribution in [0.15, 0.2) is 53.8 Å². The highest BCUT2D eigenvalue weighted by Gasteiger charge is 2.20. The monoisotopic (exact) mass is 296 g/mol. The van der Waals surface area contributed by atoms with Crippen molar-refractivity contribution in [3.63, 3.8) is 0 Å². The van der Waals surface area contributed by atoms with Gasteiger partial charge < -0.3 is 9.61 Å². The molecule has 3 rings (SSSR count). The molecule has 5 heteroatoms. The van der Waals surface area contributed by atoms with E-state index < -0.39 is 0 Å². The Morgan fingerprint density at radius 1 is 1.23 bits per heavy atom. The highest BCUT2D eigenvalue weighted by molar-refractivity contribution is 6.11. The summed E-state index contributed by atoms with van der Waals surface area (Å²) in [5.41, 5.74) is 3.02. The number of oxime groups is 1. The average molecular weight is 296 g/mol. The van der Waals surface area contributed by atoms with Crippen molar-refractivity contribution in [1.82, 2.24) is 4.40 Å². The molecule has 0 aliphatic heterocycles. The number of carbonyl (C=O) groups excluding carboxylic acids is 1. The van der Waals surface area contributed by atoms with E-state index in [0.29, 0.717) is 22.4 Å². The SMILES string of the molecule is Cc1c(/C=N/O)c2ccccn2c1C(=O)c1ccc(F)cc1. The van der Waals surface area contributed by atoms with E-state index in [1.165, 1.54) is 30.5 Å². The van der Waals surface area contributed by atoms with Crippen molar-refractivity contribution in [3.8, 4) is 0 Å². The average Bonchev–Trinajstić information content (AvgIpc) is 2.80.